The lowest BCUT2D eigenvalue weighted by Gasteiger charge is -2.27. The summed E-state index contributed by atoms with van der Waals surface area (Å²) in [5.41, 5.74) is 0.0433. The Labute approximate surface area is 191 Å². The Kier molecular flexibility index (Phi) is 4.82. The van der Waals surface area contributed by atoms with Gasteiger partial charge >= 0.3 is 5.97 Å². The fourth-order valence-corrected chi connectivity index (χ4v) is 4.26. The van der Waals surface area contributed by atoms with Crippen LogP contribution in [-0.2, 0) is 4.79 Å². The van der Waals surface area contributed by atoms with E-state index in [9.17, 15) is 30.0 Å². The van der Waals surface area contributed by atoms with Crippen molar-refractivity contribution in [1.82, 2.24) is 0 Å². The van der Waals surface area contributed by atoms with Crippen molar-refractivity contribution in [3.05, 3.63) is 69.9 Å². The minimum atomic E-state index is -0.917. The van der Waals surface area contributed by atoms with Crippen LogP contribution in [0.2, 0.25) is 0 Å². The maximum Gasteiger partial charge on any atom is 0.312 e. The van der Waals surface area contributed by atoms with Gasteiger partial charge in [-0.1, -0.05) is 18.2 Å². The normalized spacial score (nSPS) is 15.1. The van der Waals surface area contributed by atoms with E-state index in [1.54, 1.807) is 24.3 Å². The Morgan fingerprint density at radius 3 is 2.44 bits per heavy atom. The van der Waals surface area contributed by atoms with Crippen LogP contribution in [0.3, 0.4) is 0 Å². The van der Waals surface area contributed by atoms with Gasteiger partial charge in [-0.3, -0.25) is 9.59 Å². The Balaban J connectivity index is 1.87. The van der Waals surface area contributed by atoms with Crippen LogP contribution in [0.25, 0.3) is 22.3 Å². The summed E-state index contributed by atoms with van der Waals surface area (Å²) in [6.45, 7) is 0. The molecule has 0 aliphatic carbocycles. The number of para-hydroxylation sites is 1. The Hall–Kier alpha value is -4.66. The minimum absolute atomic E-state index is 0.00509. The zero-order valence-electron chi connectivity index (χ0n) is 17.7. The summed E-state index contributed by atoms with van der Waals surface area (Å²) in [5, 5.41) is 40.3. The third-order valence-electron chi connectivity index (χ3n) is 5.82. The molecule has 2 heterocycles. The van der Waals surface area contributed by atoms with Crippen molar-refractivity contribution >= 4 is 16.9 Å². The summed E-state index contributed by atoms with van der Waals surface area (Å²) in [4.78, 5) is 25.5. The standard InChI is InChI=1S/C25H18O9/c1-32-17-5-3-2-4-12(17)13-9-19(29)33-18-10-16(28)21-22(30)23(31)24(34-25(21)20(13)18)11-6-7-14(26)15(27)8-11/h2-8,10,13,26-28,31H,9H2,1H3. The lowest BCUT2D eigenvalue weighted by atomic mass is 9.84. The van der Waals surface area contributed by atoms with E-state index in [1.807, 2.05) is 0 Å². The molecule has 0 fully saturated rings. The van der Waals surface area contributed by atoms with Gasteiger partial charge in [0, 0.05) is 28.7 Å². The summed E-state index contributed by atoms with van der Waals surface area (Å²) >= 11 is 0. The van der Waals surface area contributed by atoms with Gasteiger partial charge in [-0.2, -0.15) is 0 Å². The number of carbonyl (C=O) groups excluding carboxylic acids is 1. The fraction of sp³-hybridized carbons (Fsp3) is 0.120. The van der Waals surface area contributed by atoms with Crippen LogP contribution in [0.5, 0.6) is 34.5 Å². The van der Waals surface area contributed by atoms with Crippen molar-refractivity contribution in [3.8, 4) is 45.8 Å². The lowest BCUT2D eigenvalue weighted by molar-refractivity contribution is -0.135. The topological polar surface area (TPSA) is 147 Å². The molecule has 0 radical (unpaired) electrons. The molecule has 1 atom stereocenters. The highest BCUT2D eigenvalue weighted by molar-refractivity contribution is 5.94. The molecule has 9 heteroatoms. The molecular formula is C25H18O9. The second-order valence-electron chi connectivity index (χ2n) is 7.80. The van der Waals surface area contributed by atoms with Crippen LogP contribution >= 0.6 is 0 Å². The van der Waals surface area contributed by atoms with Gasteiger partial charge in [0.05, 0.1) is 13.5 Å². The molecular weight excluding hydrogens is 444 g/mol. The molecule has 3 aromatic carbocycles. The molecule has 9 nitrogen and oxygen atoms in total. The first-order valence-corrected chi connectivity index (χ1v) is 10.2. The molecule has 0 amide bonds. The number of benzene rings is 3. The second-order valence-corrected chi connectivity index (χ2v) is 7.80. The number of phenols is 3. The van der Waals surface area contributed by atoms with E-state index in [2.05, 4.69) is 0 Å². The van der Waals surface area contributed by atoms with E-state index in [0.29, 0.717) is 16.9 Å². The van der Waals surface area contributed by atoms with E-state index in [1.165, 1.54) is 19.2 Å². The molecule has 34 heavy (non-hydrogen) atoms. The largest absolute Gasteiger partial charge is 0.507 e. The minimum Gasteiger partial charge on any atom is -0.507 e. The van der Waals surface area contributed by atoms with Crippen LogP contribution < -0.4 is 14.9 Å². The fourth-order valence-electron chi connectivity index (χ4n) is 4.26. The highest BCUT2D eigenvalue weighted by Gasteiger charge is 2.35. The van der Waals surface area contributed by atoms with Gasteiger partial charge < -0.3 is 34.3 Å². The summed E-state index contributed by atoms with van der Waals surface area (Å²) in [6, 6.07) is 11.8. The Morgan fingerprint density at radius 1 is 0.941 bits per heavy atom. The molecule has 172 valence electrons. The highest BCUT2D eigenvalue weighted by atomic mass is 16.5. The van der Waals surface area contributed by atoms with Gasteiger partial charge in [0.2, 0.25) is 11.2 Å². The van der Waals surface area contributed by atoms with Gasteiger partial charge in [0.1, 0.15) is 28.2 Å². The molecule has 1 unspecified atom stereocenters. The average molecular weight is 462 g/mol. The van der Waals surface area contributed by atoms with Crippen LogP contribution in [0, 0.1) is 0 Å². The quantitative estimate of drug-likeness (QED) is 0.203. The van der Waals surface area contributed by atoms with Crippen molar-refractivity contribution in [2.75, 3.05) is 7.11 Å². The average Bonchev–Trinajstić information content (AvgIpc) is 2.82. The predicted molar refractivity (Wildman–Crippen MR) is 120 cm³/mol. The number of hydrogen-bond donors (Lipinski definition) is 4. The number of esters is 1. The number of fused-ring (bicyclic) bond motifs is 3. The van der Waals surface area contributed by atoms with E-state index >= 15 is 0 Å². The summed E-state index contributed by atoms with van der Waals surface area (Å²) in [6.07, 6.45) is -0.0901. The maximum atomic E-state index is 13.1. The SMILES string of the molecule is COc1ccccc1C1CC(=O)Oc2cc(O)c3c(=O)c(O)c(-c4ccc(O)c(O)c4)oc3c21. The van der Waals surface area contributed by atoms with E-state index in [4.69, 9.17) is 13.9 Å². The first kappa shape index (κ1) is 21.2. The Bertz CT molecular complexity index is 1530. The molecule has 1 aliphatic rings. The predicted octanol–water partition coefficient (Wildman–Crippen LogP) is 3.73. The lowest BCUT2D eigenvalue weighted by Crippen LogP contribution is -2.22. The van der Waals surface area contributed by atoms with Crippen LogP contribution in [-0.4, -0.2) is 33.5 Å². The third kappa shape index (κ3) is 3.17. The number of ether oxygens (including phenoxy) is 2. The number of methoxy groups -OCH3 is 1. The molecule has 0 spiro atoms. The van der Waals surface area contributed by atoms with Gasteiger partial charge in [0.15, 0.2) is 17.3 Å². The monoisotopic (exact) mass is 462 g/mol. The van der Waals surface area contributed by atoms with Crippen LogP contribution in [0.15, 0.2) is 57.7 Å². The molecule has 0 bridgehead atoms. The molecule has 0 saturated heterocycles. The van der Waals surface area contributed by atoms with E-state index in [0.717, 1.165) is 12.1 Å². The third-order valence-corrected chi connectivity index (χ3v) is 5.82. The van der Waals surface area contributed by atoms with Gasteiger partial charge in [-0.05, 0) is 24.3 Å². The second kappa shape index (κ2) is 7.73. The van der Waals surface area contributed by atoms with Gasteiger partial charge in [-0.15, -0.1) is 0 Å². The number of carbonyl (C=O) groups is 1. The van der Waals surface area contributed by atoms with Gasteiger partial charge in [0.25, 0.3) is 0 Å². The van der Waals surface area contributed by atoms with Crippen molar-refractivity contribution in [2.45, 2.75) is 12.3 Å². The molecule has 4 aromatic rings. The smallest absolute Gasteiger partial charge is 0.312 e. The first-order valence-electron chi connectivity index (χ1n) is 10.2. The van der Waals surface area contributed by atoms with Crippen molar-refractivity contribution in [3.63, 3.8) is 0 Å². The summed E-state index contributed by atoms with van der Waals surface area (Å²) in [5.74, 6) is -3.21. The molecule has 1 aromatic heterocycles. The van der Waals surface area contributed by atoms with Crippen molar-refractivity contribution in [2.24, 2.45) is 0 Å². The Morgan fingerprint density at radius 2 is 1.71 bits per heavy atom. The van der Waals surface area contributed by atoms with Crippen LogP contribution in [0.4, 0.5) is 0 Å². The molecule has 1 aliphatic heterocycles. The van der Waals surface area contributed by atoms with Crippen molar-refractivity contribution < 1.29 is 39.1 Å². The van der Waals surface area contributed by atoms with Crippen LogP contribution in [0.1, 0.15) is 23.5 Å². The number of hydrogen-bond acceptors (Lipinski definition) is 9. The summed E-state index contributed by atoms with van der Waals surface area (Å²) < 4.78 is 16.8. The number of rotatable bonds is 3. The number of aromatic hydroxyl groups is 4. The van der Waals surface area contributed by atoms with Gasteiger partial charge in [-0.25, -0.2) is 0 Å². The number of phenolic OH excluding ortho intramolecular Hbond substituents is 3. The summed E-state index contributed by atoms with van der Waals surface area (Å²) in [7, 11) is 1.49. The first-order chi connectivity index (χ1) is 16.3. The van der Waals surface area contributed by atoms with E-state index < -0.39 is 40.3 Å². The zero-order chi connectivity index (χ0) is 24.1. The molecule has 0 saturated carbocycles. The zero-order valence-corrected chi connectivity index (χ0v) is 17.7. The molecule has 4 N–H and O–H groups in total. The maximum absolute atomic E-state index is 13.1. The van der Waals surface area contributed by atoms with E-state index in [-0.39, 0.29) is 34.5 Å². The highest BCUT2D eigenvalue weighted by Crippen LogP contribution is 2.48. The van der Waals surface area contributed by atoms with Crippen molar-refractivity contribution in [1.29, 1.82) is 0 Å². The molecule has 5 rings (SSSR count).